The topological polar surface area (TPSA) is 95.5 Å². The molecule has 2 amide bonds. The summed E-state index contributed by atoms with van der Waals surface area (Å²) in [6, 6.07) is 4.16. The fourth-order valence-corrected chi connectivity index (χ4v) is 2.39. The van der Waals surface area contributed by atoms with Crippen molar-refractivity contribution < 1.29 is 19.5 Å². The minimum absolute atomic E-state index is 0.122. The molecule has 1 saturated heterocycles. The maximum absolute atomic E-state index is 12.2. The van der Waals surface area contributed by atoms with Crippen molar-refractivity contribution in [2.24, 2.45) is 0 Å². The predicted octanol–water partition coefficient (Wildman–Crippen LogP) is 1.69. The second kappa shape index (κ2) is 6.39. The van der Waals surface area contributed by atoms with E-state index in [9.17, 15) is 14.4 Å². The predicted molar refractivity (Wildman–Crippen MR) is 77.2 cm³/mol. The fourth-order valence-electron chi connectivity index (χ4n) is 2.39. The molecule has 2 rings (SSSR count). The van der Waals surface area contributed by atoms with Crippen molar-refractivity contribution in [2.45, 2.75) is 38.6 Å². The van der Waals surface area contributed by atoms with Crippen LogP contribution in [0.3, 0.4) is 0 Å². The van der Waals surface area contributed by atoms with Crippen LogP contribution in [0.15, 0.2) is 18.2 Å². The van der Waals surface area contributed by atoms with Gasteiger partial charge in [-0.1, -0.05) is 12.5 Å². The number of amides is 2. The monoisotopic (exact) mass is 290 g/mol. The number of benzene rings is 1. The average molecular weight is 290 g/mol. The maximum atomic E-state index is 12.2. The van der Waals surface area contributed by atoms with Gasteiger partial charge in [-0.15, -0.1) is 0 Å². The van der Waals surface area contributed by atoms with Gasteiger partial charge in [-0.25, -0.2) is 4.79 Å². The van der Waals surface area contributed by atoms with E-state index >= 15 is 0 Å². The van der Waals surface area contributed by atoms with Crippen LogP contribution >= 0.6 is 0 Å². The molecule has 0 bridgehead atoms. The molecular weight excluding hydrogens is 272 g/mol. The van der Waals surface area contributed by atoms with E-state index in [4.69, 9.17) is 5.11 Å². The smallest absolute Gasteiger partial charge is 0.336 e. The van der Waals surface area contributed by atoms with Gasteiger partial charge < -0.3 is 15.7 Å². The molecule has 6 heteroatoms. The molecule has 6 nitrogen and oxygen atoms in total. The number of anilines is 1. The lowest BCUT2D eigenvalue weighted by Crippen LogP contribution is -2.42. The third kappa shape index (κ3) is 3.59. The van der Waals surface area contributed by atoms with Crippen molar-refractivity contribution in [1.82, 2.24) is 5.32 Å². The number of rotatable bonds is 3. The Morgan fingerprint density at radius 2 is 2.10 bits per heavy atom. The highest BCUT2D eigenvalue weighted by Crippen LogP contribution is 2.20. The molecule has 1 atom stereocenters. The van der Waals surface area contributed by atoms with Crippen LogP contribution < -0.4 is 10.6 Å². The average Bonchev–Trinajstić information content (AvgIpc) is 2.65. The van der Waals surface area contributed by atoms with Gasteiger partial charge in [0, 0.05) is 12.1 Å². The summed E-state index contributed by atoms with van der Waals surface area (Å²) in [6.07, 6.45) is 2.63. The van der Waals surface area contributed by atoms with Crippen LogP contribution in [0, 0.1) is 6.92 Å². The minimum Gasteiger partial charge on any atom is -0.478 e. The molecule has 0 radical (unpaired) electrons. The zero-order valence-corrected chi connectivity index (χ0v) is 11.8. The highest BCUT2D eigenvalue weighted by Gasteiger charge is 2.23. The first kappa shape index (κ1) is 15.0. The third-order valence-electron chi connectivity index (χ3n) is 3.62. The molecule has 0 aromatic heterocycles. The number of carboxylic acid groups (broad SMARTS) is 1. The molecule has 1 aliphatic heterocycles. The molecule has 0 saturated carbocycles. The van der Waals surface area contributed by atoms with Gasteiger partial charge in [-0.05, 0) is 37.5 Å². The summed E-state index contributed by atoms with van der Waals surface area (Å²) in [7, 11) is 0. The number of carboxylic acids is 1. The lowest BCUT2D eigenvalue weighted by Gasteiger charge is -2.17. The lowest BCUT2D eigenvalue weighted by molar-refractivity contribution is -0.125. The maximum Gasteiger partial charge on any atom is 0.336 e. The first-order valence-corrected chi connectivity index (χ1v) is 6.92. The number of hydrogen-bond acceptors (Lipinski definition) is 3. The van der Waals surface area contributed by atoms with Gasteiger partial charge in [0.1, 0.15) is 6.04 Å². The summed E-state index contributed by atoms with van der Waals surface area (Å²) in [5.41, 5.74) is 1.11. The molecule has 112 valence electrons. The van der Waals surface area contributed by atoms with Gasteiger partial charge in [-0.3, -0.25) is 9.59 Å². The molecule has 0 aliphatic carbocycles. The highest BCUT2D eigenvalue weighted by molar-refractivity contribution is 5.99. The first-order chi connectivity index (χ1) is 9.99. The molecular formula is C15H18N2O4. The van der Waals surface area contributed by atoms with Crippen molar-refractivity contribution >= 4 is 23.5 Å². The van der Waals surface area contributed by atoms with E-state index in [-0.39, 0.29) is 17.4 Å². The van der Waals surface area contributed by atoms with E-state index in [2.05, 4.69) is 10.6 Å². The van der Waals surface area contributed by atoms with Crippen molar-refractivity contribution in [3.05, 3.63) is 29.3 Å². The zero-order chi connectivity index (χ0) is 15.4. The molecule has 1 aromatic rings. The molecule has 1 unspecified atom stereocenters. The molecule has 1 aliphatic rings. The number of hydrogen-bond donors (Lipinski definition) is 3. The van der Waals surface area contributed by atoms with E-state index in [0.29, 0.717) is 24.1 Å². The molecule has 21 heavy (non-hydrogen) atoms. The third-order valence-corrected chi connectivity index (χ3v) is 3.62. The van der Waals surface area contributed by atoms with Crippen molar-refractivity contribution in [3.63, 3.8) is 0 Å². The Kier molecular flexibility index (Phi) is 4.57. The Morgan fingerprint density at radius 1 is 1.33 bits per heavy atom. The summed E-state index contributed by atoms with van der Waals surface area (Å²) in [5.74, 6) is -1.47. The van der Waals surface area contributed by atoms with Crippen molar-refractivity contribution in [1.29, 1.82) is 0 Å². The van der Waals surface area contributed by atoms with E-state index in [0.717, 1.165) is 12.8 Å². The molecule has 3 N–H and O–H groups in total. The van der Waals surface area contributed by atoms with Crippen LogP contribution in [0.25, 0.3) is 0 Å². The number of carbonyl (C=O) groups excluding carboxylic acids is 2. The quantitative estimate of drug-likeness (QED) is 0.789. The Morgan fingerprint density at radius 3 is 2.81 bits per heavy atom. The number of nitrogens with one attached hydrogen (secondary N) is 2. The molecule has 1 heterocycles. The van der Waals surface area contributed by atoms with E-state index in [1.54, 1.807) is 19.1 Å². The standard InChI is InChI=1S/C15H18N2O4/c1-9-10(15(20)21)5-4-7-11(9)17-14(19)12-6-2-3-8-13(18)16-12/h4-5,7,12H,2-3,6,8H2,1H3,(H,16,18)(H,17,19)(H,20,21). The highest BCUT2D eigenvalue weighted by atomic mass is 16.4. The fraction of sp³-hybridized carbons (Fsp3) is 0.400. The van der Waals surface area contributed by atoms with E-state index in [1.807, 2.05) is 0 Å². The van der Waals surface area contributed by atoms with Gasteiger partial charge in [0.15, 0.2) is 0 Å². The second-order valence-electron chi connectivity index (χ2n) is 5.14. The Balaban J connectivity index is 2.14. The summed E-state index contributed by atoms with van der Waals surface area (Å²) < 4.78 is 0. The SMILES string of the molecule is Cc1c(NC(=O)C2CCCCC(=O)N2)cccc1C(=O)O. The molecule has 0 spiro atoms. The van der Waals surface area contributed by atoms with E-state index < -0.39 is 12.0 Å². The van der Waals surface area contributed by atoms with Gasteiger partial charge in [0.25, 0.3) is 0 Å². The zero-order valence-electron chi connectivity index (χ0n) is 11.8. The summed E-state index contributed by atoms with van der Waals surface area (Å²) in [5, 5.41) is 14.5. The van der Waals surface area contributed by atoms with Gasteiger partial charge in [0.05, 0.1) is 5.56 Å². The summed E-state index contributed by atoms with van der Waals surface area (Å²) in [6.45, 7) is 1.64. The normalized spacial score (nSPS) is 18.5. The summed E-state index contributed by atoms with van der Waals surface area (Å²) in [4.78, 5) is 34.8. The van der Waals surface area contributed by atoms with E-state index in [1.165, 1.54) is 6.07 Å². The van der Waals surface area contributed by atoms with Crippen molar-refractivity contribution in [3.8, 4) is 0 Å². The first-order valence-electron chi connectivity index (χ1n) is 6.92. The van der Waals surface area contributed by atoms with Crippen LogP contribution in [0.1, 0.15) is 41.6 Å². The van der Waals surface area contributed by atoms with Gasteiger partial charge in [-0.2, -0.15) is 0 Å². The van der Waals surface area contributed by atoms with Crippen LogP contribution in [-0.2, 0) is 9.59 Å². The Bertz CT molecular complexity index is 583. The molecule has 1 fully saturated rings. The lowest BCUT2D eigenvalue weighted by atomic mass is 10.1. The van der Waals surface area contributed by atoms with Gasteiger partial charge in [0.2, 0.25) is 11.8 Å². The minimum atomic E-state index is -1.04. The number of aromatic carboxylic acids is 1. The van der Waals surface area contributed by atoms with Crippen LogP contribution in [0.4, 0.5) is 5.69 Å². The van der Waals surface area contributed by atoms with Gasteiger partial charge >= 0.3 is 5.97 Å². The van der Waals surface area contributed by atoms with Crippen molar-refractivity contribution in [2.75, 3.05) is 5.32 Å². The van der Waals surface area contributed by atoms with Crippen LogP contribution in [-0.4, -0.2) is 28.9 Å². The summed E-state index contributed by atoms with van der Waals surface area (Å²) >= 11 is 0. The Labute approximate surface area is 122 Å². The largest absolute Gasteiger partial charge is 0.478 e. The number of carbonyl (C=O) groups is 3. The van der Waals surface area contributed by atoms with Crippen LogP contribution in [0.2, 0.25) is 0 Å². The molecule has 1 aromatic carbocycles. The Hall–Kier alpha value is -2.37. The van der Waals surface area contributed by atoms with Crippen LogP contribution in [0.5, 0.6) is 0 Å². The second-order valence-corrected chi connectivity index (χ2v) is 5.14.